The molecule has 6 nitrogen and oxygen atoms in total. The van der Waals surface area contributed by atoms with Crippen LogP contribution < -0.4 is 10.5 Å². The van der Waals surface area contributed by atoms with Crippen LogP contribution >= 0.6 is 11.6 Å². The third-order valence-electron chi connectivity index (χ3n) is 5.12. The van der Waals surface area contributed by atoms with Crippen molar-refractivity contribution in [3.05, 3.63) is 75.6 Å². The number of aliphatic hydroxyl groups is 1. The highest BCUT2D eigenvalue weighted by atomic mass is 35.5. The number of carbonyl (C=O) groups excluding carboxylic acids is 1. The Bertz CT molecular complexity index is 1170. The van der Waals surface area contributed by atoms with E-state index in [2.05, 4.69) is 5.32 Å². The molecule has 2 atom stereocenters. The molecule has 0 fully saturated rings. The topological polar surface area (TPSA) is 97.3 Å². The lowest BCUT2D eigenvalue weighted by Gasteiger charge is -2.16. The van der Waals surface area contributed by atoms with Gasteiger partial charge in [-0.15, -0.1) is 0 Å². The summed E-state index contributed by atoms with van der Waals surface area (Å²) in [4.78, 5) is 13.6. The number of nitrogens with zero attached hydrogens (tertiary/aromatic N) is 1. The number of carbonyl (C=O) groups is 1. The first-order valence-electron chi connectivity index (χ1n) is 9.82. The van der Waals surface area contributed by atoms with Gasteiger partial charge in [0.2, 0.25) is 0 Å². The number of rotatable bonds is 6. The monoisotopic (exact) mass is 459 g/mol. The summed E-state index contributed by atoms with van der Waals surface area (Å²) in [6.45, 7) is 7.34. The van der Waals surface area contributed by atoms with Crippen LogP contribution in [0.3, 0.4) is 0 Å². The van der Waals surface area contributed by atoms with Gasteiger partial charge in [-0.25, -0.2) is 9.35 Å². The van der Waals surface area contributed by atoms with E-state index in [1.165, 1.54) is 0 Å². The third-order valence-corrected chi connectivity index (χ3v) is 6.25. The van der Waals surface area contributed by atoms with Gasteiger partial charge in [0.25, 0.3) is 5.91 Å². The van der Waals surface area contributed by atoms with Crippen molar-refractivity contribution in [2.45, 2.75) is 45.1 Å². The maximum atomic E-state index is 13.1. The number of nitrogens with two attached hydrogens (primary N) is 1. The fourth-order valence-electron chi connectivity index (χ4n) is 3.71. The summed E-state index contributed by atoms with van der Waals surface area (Å²) in [5.41, 5.74) is 5.29. The predicted molar refractivity (Wildman–Crippen MR) is 125 cm³/mol. The van der Waals surface area contributed by atoms with Crippen LogP contribution in [0, 0.1) is 20.8 Å². The largest absolute Gasteiger partial charge is 0.393 e. The summed E-state index contributed by atoms with van der Waals surface area (Å²) < 4.78 is 13.5. The number of hydrogen-bond donors (Lipinski definition) is 3. The molecule has 1 amide bonds. The van der Waals surface area contributed by atoms with Gasteiger partial charge in [-0.3, -0.25) is 4.79 Å². The molecule has 0 radical (unpaired) electrons. The van der Waals surface area contributed by atoms with Crippen molar-refractivity contribution in [2.24, 2.45) is 5.14 Å². The Balaban J connectivity index is 2.01. The van der Waals surface area contributed by atoms with Crippen LogP contribution in [0.15, 0.2) is 47.4 Å². The second kappa shape index (κ2) is 9.36. The van der Waals surface area contributed by atoms with E-state index in [-0.39, 0.29) is 5.91 Å². The number of aliphatic hydroxyl groups excluding tert-OH is 1. The van der Waals surface area contributed by atoms with Gasteiger partial charge < -0.3 is 15.0 Å². The Morgan fingerprint density at radius 3 is 2.45 bits per heavy atom. The zero-order chi connectivity index (χ0) is 22.9. The standard InChI is InChI=1S/C23H26ClN3O3S/c1-13-9-17(24)5-7-21(13)27-16(4)20(12-19(27)11-15(3)28)23(29)26-18-6-8-22(31(25)30)14(2)10-18/h5-10,12,15,28H,11,25H2,1-4H3,(H,26,29). The molecule has 164 valence electrons. The molecule has 2 unspecified atom stereocenters. The second-order valence-corrected chi connectivity index (χ2v) is 9.16. The summed E-state index contributed by atoms with van der Waals surface area (Å²) in [7, 11) is -1.58. The average molecular weight is 460 g/mol. The van der Waals surface area contributed by atoms with Crippen LogP contribution in [0.25, 0.3) is 5.69 Å². The van der Waals surface area contributed by atoms with Crippen molar-refractivity contribution in [1.82, 2.24) is 4.57 Å². The molecule has 3 aromatic rings. The van der Waals surface area contributed by atoms with Crippen LogP contribution in [0.2, 0.25) is 5.02 Å². The number of halogens is 1. The number of benzene rings is 2. The Morgan fingerprint density at radius 1 is 1.16 bits per heavy atom. The zero-order valence-corrected chi connectivity index (χ0v) is 19.5. The van der Waals surface area contributed by atoms with E-state index in [1.54, 1.807) is 38.1 Å². The molecule has 0 spiro atoms. The smallest absolute Gasteiger partial charge is 0.257 e. The van der Waals surface area contributed by atoms with E-state index in [4.69, 9.17) is 16.7 Å². The molecule has 8 heteroatoms. The summed E-state index contributed by atoms with van der Waals surface area (Å²) in [6.07, 6.45) is -0.171. The molecule has 1 heterocycles. The number of hydrogen-bond acceptors (Lipinski definition) is 3. The molecule has 0 aliphatic rings. The van der Waals surface area contributed by atoms with Crippen molar-refractivity contribution in [3.8, 4) is 5.69 Å². The maximum absolute atomic E-state index is 13.1. The minimum atomic E-state index is -1.58. The quantitative estimate of drug-likeness (QED) is 0.515. The number of aromatic nitrogens is 1. The molecule has 0 saturated carbocycles. The minimum Gasteiger partial charge on any atom is -0.393 e. The van der Waals surface area contributed by atoms with Gasteiger partial charge in [0.15, 0.2) is 0 Å². The molecule has 4 N–H and O–H groups in total. The van der Waals surface area contributed by atoms with Crippen molar-refractivity contribution in [2.75, 3.05) is 5.32 Å². The summed E-state index contributed by atoms with van der Waals surface area (Å²) >= 11 is 6.12. The number of nitrogens with one attached hydrogen (secondary N) is 1. The third kappa shape index (κ3) is 5.07. The molecule has 2 aromatic carbocycles. The maximum Gasteiger partial charge on any atom is 0.257 e. The Labute approximate surface area is 189 Å². The molecule has 0 saturated heterocycles. The van der Waals surface area contributed by atoms with Crippen LogP contribution in [0.1, 0.15) is 39.8 Å². The van der Waals surface area contributed by atoms with E-state index in [1.807, 2.05) is 36.6 Å². The van der Waals surface area contributed by atoms with E-state index < -0.39 is 17.1 Å². The zero-order valence-electron chi connectivity index (χ0n) is 17.9. The Morgan fingerprint density at radius 2 is 1.87 bits per heavy atom. The fourth-order valence-corrected chi connectivity index (χ4v) is 4.52. The Kier molecular flexibility index (Phi) is 7.01. The summed E-state index contributed by atoms with van der Waals surface area (Å²) in [6, 6.07) is 12.5. The minimum absolute atomic E-state index is 0.268. The van der Waals surface area contributed by atoms with Crippen LogP contribution in [-0.2, 0) is 17.4 Å². The summed E-state index contributed by atoms with van der Waals surface area (Å²) in [5.74, 6) is -0.268. The van der Waals surface area contributed by atoms with E-state index in [0.717, 1.165) is 28.2 Å². The van der Waals surface area contributed by atoms with Crippen molar-refractivity contribution in [3.63, 3.8) is 0 Å². The average Bonchev–Trinajstić information content (AvgIpc) is 2.97. The number of amides is 1. The molecular weight excluding hydrogens is 434 g/mol. The molecule has 3 rings (SSSR count). The van der Waals surface area contributed by atoms with Gasteiger partial charge in [0.05, 0.1) is 16.6 Å². The number of anilines is 1. The highest BCUT2D eigenvalue weighted by Gasteiger charge is 2.21. The predicted octanol–water partition coefficient (Wildman–Crippen LogP) is 4.21. The van der Waals surface area contributed by atoms with E-state index in [0.29, 0.717) is 27.6 Å². The van der Waals surface area contributed by atoms with Crippen molar-refractivity contribution < 1.29 is 14.1 Å². The SMILES string of the molecule is Cc1cc(Cl)ccc1-n1c(CC(C)O)cc(C(=O)Nc2ccc(S(N)=O)c(C)c2)c1C. The highest BCUT2D eigenvalue weighted by molar-refractivity contribution is 7.82. The molecule has 0 aliphatic carbocycles. The lowest BCUT2D eigenvalue weighted by molar-refractivity contribution is 0.102. The molecule has 31 heavy (non-hydrogen) atoms. The van der Waals surface area contributed by atoms with Crippen LogP contribution in [0.4, 0.5) is 5.69 Å². The van der Waals surface area contributed by atoms with Crippen LogP contribution in [0.5, 0.6) is 0 Å². The fraction of sp³-hybridized carbons (Fsp3) is 0.261. The van der Waals surface area contributed by atoms with Gasteiger partial charge in [0.1, 0.15) is 11.0 Å². The first-order chi connectivity index (χ1) is 14.6. The van der Waals surface area contributed by atoms with Gasteiger partial charge in [-0.05, 0) is 81.3 Å². The lowest BCUT2D eigenvalue weighted by atomic mass is 10.1. The second-order valence-electron chi connectivity index (χ2n) is 7.69. The van der Waals surface area contributed by atoms with E-state index in [9.17, 15) is 14.1 Å². The number of aryl methyl sites for hydroxylation is 2. The molecule has 0 bridgehead atoms. The lowest BCUT2D eigenvalue weighted by Crippen LogP contribution is -2.14. The van der Waals surface area contributed by atoms with Gasteiger partial charge >= 0.3 is 0 Å². The van der Waals surface area contributed by atoms with Gasteiger partial charge in [-0.1, -0.05) is 11.6 Å². The van der Waals surface area contributed by atoms with E-state index >= 15 is 0 Å². The molecule has 0 aliphatic heterocycles. The molecule has 1 aromatic heterocycles. The van der Waals surface area contributed by atoms with Gasteiger partial charge in [-0.2, -0.15) is 0 Å². The van der Waals surface area contributed by atoms with Crippen molar-refractivity contribution in [1.29, 1.82) is 0 Å². The van der Waals surface area contributed by atoms with Crippen molar-refractivity contribution >= 4 is 34.2 Å². The van der Waals surface area contributed by atoms with Gasteiger partial charge in [0, 0.05) is 34.2 Å². The summed E-state index contributed by atoms with van der Waals surface area (Å²) in [5, 5.41) is 19.0. The van der Waals surface area contributed by atoms with Crippen LogP contribution in [-0.4, -0.2) is 25.9 Å². The molecular formula is C23H26ClN3O3S. The highest BCUT2D eigenvalue weighted by Crippen LogP contribution is 2.27. The first kappa shape index (κ1) is 23.2. The first-order valence-corrected chi connectivity index (χ1v) is 11.4. The normalized spacial score (nSPS) is 13.1. The Hall–Kier alpha value is -2.45.